The zero-order valence-corrected chi connectivity index (χ0v) is 20.4. The van der Waals surface area contributed by atoms with Crippen LogP contribution in [-0.2, 0) is 9.47 Å². The number of ether oxygens (including phenoxy) is 2. The SMILES string of the molecule is CCO/C(=C/C=C/C=C/C(c1ccc(C)cc1)=[N+]1CCOCC1)c1ccc(C)cc1.F[B-](F)(F)F. The van der Waals surface area contributed by atoms with Gasteiger partial charge in [0.1, 0.15) is 19.0 Å². The van der Waals surface area contributed by atoms with Crippen molar-refractivity contribution in [3.8, 4) is 0 Å². The van der Waals surface area contributed by atoms with Gasteiger partial charge in [-0.2, -0.15) is 0 Å². The van der Waals surface area contributed by atoms with E-state index in [4.69, 9.17) is 9.47 Å². The van der Waals surface area contributed by atoms with E-state index in [1.165, 1.54) is 22.4 Å². The molecule has 3 nitrogen and oxygen atoms in total. The summed E-state index contributed by atoms with van der Waals surface area (Å²) in [6.45, 7) is 10.2. The van der Waals surface area contributed by atoms with E-state index >= 15 is 0 Å². The highest BCUT2D eigenvalue weighted by Gasteiger charge is 2.20. The van der Waals surface area contributed by atoms with Gasteiger partial charge >= 0.3 is 7.25 Å². The normalized spacial score (nSPS) is 14.7. The Morgan fingerprint density at radius 3 is 1.89 bits per heavy atom. The average molecular weight is 489 g/mol. The summed E-state index contributed by atoms with van der Waals surface area (Å²) in [6.07, 6.45) is 10.4. The van der Waals surface area contributed by atoms with Crippen LogP contribution in [0, 0.1) is 13.8 Å². The summed E-state index contributed by atoms with van der Waals surface area (Å²) in [5.74, 6) is 0.887. The van der Waals surface area contributed by atoms with Gasteiger partial charge in [0, 0.05) is 17.2 Å². The predicted molar refractivity (Wildman–Crippen MR) is 135 cm³/mol. The van der Waals surface area contributed by atoms with E-state index in [0.717, 1.165) is 37.6 Å². The van der Waals surface area contributed by atoms with Crippen LogP contribution in [0.5, 0.6) is 0 Å². The van der Waals surface area contributed by atoms with Gasteiger partial charge in [0.05, 0.1) is 6.61 Å². The Morgan fingerprint density at radius 1 is 0.857 bits per heavy atom. The lowest BCUT2D eigenvalue weighted by atomic mass is 10.1. The van der Waals surface area contributed by atoms with E-state index in [1.807, 2.05) is 19.1 Å². The van der Waals surface area contributed by atoms with Gasteiger partial charge in [-0.1, -0.05) is 65.8 Å². The molecule has 0 spiro atoms. The third-order valence-corrected chi connectivity index (χ3v) is 5.06. The van der Waals surface area contributed by atoms with Crippen LogP contribution in [0.25, 0.3) is 5.76 Å². The first-order valence-electron chi connectivity index (χ1n) is 11.6. The van der Waals surface area contributed by atoms with Crippen molar-refractivity contribution in [1.29, 1.82) is 0 Å². The van der Waals surface area contributed by atoms with Gasteiger partial charge in [-0.15, -0.1) is 0 Å². The molecule has 0 aromatic heterocycles. The molecule has 1 saturated heterocycles. The van der Waals surface area contributed by atoms with Gasteiger partial charge in [0.15, 0.2) is 13.1 Å². The first-order chi connectivity index (χ1) is 16.7. The fraction of sp³-hybridized carbons (Fsp3) is 0.296. The summed E-state index contributed by atoms with van der Waals surface area (Å²) >= 11 is 0. The highest BCUT2D eigenvalue weighted by atomic mass is 19.5. The number of halogens is 4. The second kappa shape index (κ2) is 14.3. The quantitative estimate of drug-likeness (QED) is 0.143. The molecule has 3 rings (SSSR count). The lowest BCUT2D eigenvalue weighted by molar-refractivity contribution is -0.548. The van der Waals surface area contributed by atoms with Crippen LogP contribution < -0.4 is 0 Å². The van der Waals surface area contributed by atoms with Crippen molar-refractivity contribution in [2.24, 2.45) is 0 Å². The highest BCUT2D eigenvalue weighted by molar-refractivity contribution is 6.50. The maximum absolute atomic E-state index is 9.75. The number of hydrogen-bond acceptors (Lipinski definition) is 2. The monoisotopic (exact) mass is 489 g/mol. The lowest BCUT2D eigenvalue weighted by Gasteiger charge is -2.13. The average Bonchev–Trinajstić information content (AvgIpc) is 2.81. The van der Waals surface area contributed by atoms with Crippen LogP contribution >= 0.6 is 0 Å². The number of morpholine rings is 1. The highest BCUT2D eigenvalue weighted by Crippen LogP contribution is 2.17. The van der Waals surface area contributed by atoms with Crippen molar-refractivity contribution in [3.05, 3.63) is 101 Å². The molecule has 0 unspecified atom stereocenters. The molecule has 1 heterocycles. The van der Waals surface area contributed by atoms with Crippen LogP contribution in [-0.4, -0.2) is 50.5 Å². The van der Waals surface area contributed by atoms with Gasteiger partial charge in [0.25, 0.3) is 0 Å². The van der Waals surface area contributed by atoms with Crippen LogP contribution in [0.4, 0.5) is 17.3 Å². The van der Waals surface area contributed by atoms with Crippen LogP contribution in [0.1, 0.15) is 29.2 Å². The molecule has 0 aliphatic carbocycles. The Morgan fingerprint density at radius 2 is 1.37 bits per heavy atom. The van der Waals surface area contributed by atoms with Gasteiger partial charge in [-0.3, -0.25) is 0 Å². The lowest BCUT2D eigenvalue weighted by Crippen LogP contribution is -2.33. The van der Waals surface area contributed by atoms with Crippen LogP contribution in [0.15, 0.2) is 78.9 Å². The molecular weight excluding hydrogens is 457 g/mol. The molecule has 0 atom stereocenters. The Hall–Kier alpha value is -3.13. The van der Waals surface area contributed by atoms with Gasteiger partial charge in [-0.25, -0.2) is 4.58 Å². The molecule has 188 valence electrons. The molecular formula is C27H32BF4NO2. The summed E-state index contributed by atoms with van der Waals surface area (Å²) in [5, 5.41) is 0. The minimum absolute atomic E-state index is 0.645. The molecule has 2 aromatic rings. The van der Waals surface area contributed by atoms with E-state index in [2.05, 4.69) is 85.2 Å². The number of hydrogen-bond donors (Lipinski definition) is 0. The van der Waals surface area contributed by atoms with E-state index < -0.39 is 7.25 Å². The van der Waals surface area contributed by atoms with E-state index in [1.54, 1.807) is 0 Å². The topological polar surface area (TPSA) is 21.5 Å². The molecule has 1 fully saturated rings. The second-order valence-electron chi connectivity index (χ2n) is 7.92. The zero-order chi connectivity index (χ0) is 25.7. The summed E-state index contributed by atoms with van der Waals surface area (Å²) in [6, 6.07) is 17.1. The van der Waals surface area contributed by atoms with E-state index in [-0.39, 0.29) is 0 Å². The molecule has 1 aliphatic rings. The fourth-order valence-electron chi connectivity index (χ4n) is 3.37. The molecule has 2 aromatic carbocycles. The van der Waals surface area contributed by atoms with Crippen molar-refractivity contribution in [2.75, 3.05) is 32.9 Å². The van der Waals surface area contributed by atoms with E-state index in [0.29, 0.717) is 6.61 Å². The largest absolute Gasteiger partial charge is 0.673 e. The van der Waals surface area contributed by atoms with Crippen LogP contribution in [0.3, 0.4) is 0 Å². The van der Waals surface area contributed by atoms with Gasteiger partial charge < -0.3 is 26.7 Å². The zero-order valence-electron chi connectivity index (χ0n) is 20.4. The Balaban J connectivity index is 0.000000784. The van der Waals surface area contributed by atoms with Crippen molar-refractivity contribution in [2.45, 2.75) is 20.8 Å². The molecule has 0 bridgehead atoms. The summed E-state index contributed by atoms with van der Waals surface area (Å²) in [4.78, 5) is 0. The number of rotatable bonds is 7. The van der Waals surface area contributed by atoms with Crippen molar-refractivity contribution >= 4 is 18.7 Å². The second-order valence-corrected chi connectivity index (χ2v) is 7.92. The molecule has 1 aliphatic heterocycles. The summed E-state index contributed by atoms with van der Waals surface area (Å²) < 4.78 is 52.8. The number of allylic oxidation sites excluding steroid dienone is 5. The third kappa shape index (κ3) is 11.2. The van der Waals surface area contributed by atoms with E-state index in [9.17, 15) is 17.3 Å². The Bertz CT molecular complexity index is 1030. The summed E-state index contributed by atoms with van der Waals surface area (Å²) in [7, 11) is -6.00. The number of benzene rings is 2. The molecule has 0 saturated carbocycles. The first kappa shape index (κ1) is 28.1. The molecule has 0 radical (unpaired) electrons. The van der Waals surface area contributed by atoms with Crippen molar-refractivity contribution in [3.63, 3.8) is 0 Å². The predicted octanol–water partition coefficient (Wildman–Crippen LogP) is 6.63. The minimum atomic E-state index is -6.00. The molecule has 8 heteroatoms. The fourth-order valence-corrected chi connectivity index (χ4v) is 3.37. The standard InChI is InChI=1S/C27H32NO2.BF4/c1-4-30-27(25-16-12-23(3)13-17-25)9-7-5-6-8-26(28-18-20-29-21-19-28)24-14-10-22(2)11-15-24;2-1(3,4)5/h5-17H,4,18-21H2,1-3H3;/q+1;-1/b7-5+,8-6+,27-9+;. The smallest absolute Gasteiger partial charge is 0.493 e. The van der Waals surface area contributed by atoms with Crippen molar-refractivity contribution < 1.29 is 31.3 Å². The van der Waals surface area contributed by atoms with Gasteiger partial charge in [-0.05, 0) is 39.0 Å². The van der Waals surface area contributed by atoms with Crippen molar-refractivity contribution in [1.82, 2.24) is 0 Å². The minimum Gasteiger partial charge on any atom is -0.493 e. The molecule has 0 N–H and O–H groups in total. The summed E-state index contributed by atoms with van der Waals surface area (Å²) in [5.41, 5.74) is 6.08. The van der Waals surface area contributed by atoms with Gasteiger partial charge in [0.2, 0.25) is 5.71 Å². The maximum Gasteiger partial charge on any atom is 0.673 e. The molecule has 0 amide bonds. The van der Waals surface area contributed by atoms with Crippen LogP contribution in [0.2, 0.25) is 0 Å². The molecule has 35 heavy (non-hydrogen) atoms. The Kier molecular flexibility index (Phi) is 11.5. The number of nitrogens with zero attached hydrogens (tertiary/aromatic N) is 1. The third-order valence-electron chi connectivity index (χ3n) is 5.06. The number of aryl methyl sites for hydroxylation is 2. The maximum atomic E-state index is 9.75. The first-order valence-corrected chi connectivity index (χ1v) is 11.6. The Labute approximate surface area is 205 Å².